The fraction of sp³-hybridized carbons (Fsp3) is 0.440. The first-order valence-electron chi connectivity index (χ1n) is 10.3. The lowest BCUT2D eigenvalue weighted by atomic mass is 9.64. The SMILES string of the molecule is CCC[C@@H]1CC[C@@H]2c3ccc(C#Cc4cc(F)c(Cl)c(F)c4)cc3CC[C@@H]2C1. The third-order valence-corrected chi connectivity index (χ3v) is 6.81. The number of benzene rings is 2. The van der Waals surface area contributed by atoms with Gasteiger partial charge in [-0.2, -0.15) is 0 Å². The number of halogens is 3. The van der Waals surface area contributed by atoms with Gasteiger partial charge in [-0.25, -0.2) is 8.78 Å². The molecule has 0 unspecified atom stereocenters. The van der Waals surface area contributed by atoms with E-state index in [0.717, 1.165) is 23.8 Å². The fourth-order valence-electron chi connectivity index (χ4n) is 5.13. The van der Waals surface area contributed by atoms with Gasteiger partial charge in [0.15, 0.2) is 0 Å². The first kappa shape index (κ1) is 19.5. The minimum absolute atomic E-state index is 0.298. The summed E-state index contributed by atoms with van der Waals surface area (Å²) in [4.78, 5) is 0. The number of hydrogen-bond donors (Lipinski definition) is 0. The van der Waals surface area contributed by atoms with Crippen LogP contribution < -0.4 is 0 Å². The molecule has 2 aromatic carbocycles. The van der Waals surface area contributed by atoms with Gasteiger partial charge in [-0.1, -0.05) is 49.3 Å². The molecule has 0 spiro atoms. The van der Waals surface area contributed by atoms with Crippen LogP contribution in [-0.2, 0) is 6.42 Å². The number of aryl methyl sites for hydroxylation is 1. The van der Waals surface area contributed by atoms with E-state index in [1.165, 1.54) is 61.8 Å². The molecule has 3 atom stereocenters. The molecule has 2 aromatic rings. The summed E-state index contributed by atoms with van der Waals surface area (Å²) in [6, 6.07) is 8.81. The molecule has 2 aliphatic rings. The highest BCUT2D eigenvalue weighted by Gasteiger charge is 2.34. The van der Waals surface area contributed by atoms with Crippen molar-refractivity contribution < 1.29 is 8.78 Å². The van der Waals surface area contributed by atoms with Crippen LogP contribution in [0.25, 0.3) is 0 Å². The Kier molecular flexibility index (Phi) is 5.74. The van der Waals surface area contributed by atoms with Crippen molar-refractivity contribution in [3.8, 4) is 11.8 Å². The largest absolute Gasteiger partial charge is 0.205 e. The van der Waals surface area contributed by atoms with Crippen molar-refractivity contribution in [2.75, 3.05) is 0 Å². The van der Waals surface area contributed by atoms with Crippen molar-refractivity contribution in [1.82, 2.24) is 0 Å². The first-order valence-corrected chi connectivity index (χ1v) is 10.7. The minimum Gasteiger partial charge on any atom is -0.205 e. The predicted molar refractivity (Wildman–Crippen MR) is 111 cm³/mol. The van der Waals surface area contributed by atoms with Crippen molar-refractivity contribution in [1.29, 1.82) is 0 Å². The van der Waals surface area contributed by atoms with Gasteiger partial charge in [-0.05, 0) is 85.3 Å². The van der Waals surface area contributed by atoms with Crippen LogP contribution >= 0.6 is 11.6 Å². The normalized spacial score (nSPS) is 23.4. The van der Waals surface area contributed by atoms with Crippen molar-refractivity contribution >= 4 is 11.6 Å². The van der Waals surface area contributed by atoms with Gasteiger partial charge >= 0.3 is 0 Å². The Morgan fingerprint density at radius 3 is 2.50 bits per heavy atom. The van der Waals surface area contributed by atoms with Gasteiger partial charge in [-0.15, -0.1) is 0 Å². The van der Waals surface area contributed by atoms with Crippen molar-refractivity contribution in [2.24, 2.45) is 11.8 Å². The van der Waals surface area contributed by atoms with Gasteiger partial charge in [0.2, 0.25) is 0 Å². The zero-order valence-electron chi connectivity index (χ0n) is 16.2. The summed E-state index contributed by atoms with van der Waals surface area (Å²) >= 11 is 5.53. The Labute approximate surface area is 171 Å². The average Bonchev–Trinajstić information content (AvgIpc) is 2.70. The van der Waals surface area contributed by atoms with Crippen LogP contribution in [0.1, 0.15) is 73.6 Å². The molecule has 0 nitrogen and oxygen atoms in total. The van der Waals surface area contributed by atoms with Gasteiger partial charge < -0.3 is 0 Å². The van der Waals surface area contributed by atoms with E-state index in [0.29, 0.717) is 11.5 Å². The van der Waals surface area contributed by atoms with Gasteiger partial charge in [0.1, 0.15) is 16.7 Å². The summed E-state index contributed by atoms with van der Waals surface area (Å²) in [5.74, 6) is 6.80. The molecule has 0 aliphatic heterocycles. The van der Waals surface area contributed by atoms with Crippen LogP contribution in [0.15, 0.2) is 30.3 Å². The van der Waals surface area contributed by atoms with Gasteiger partial charge in [0.25, 0.3) is 0 Å². The Morgan fingerprint density at radius 2 is 1.75 bits per heavy atom. The third kappa shape index (κ3) is 3.96. The molecule has 0 radical (unpaired) electrons. The maximum Gasteiger partial charge on any atom is 0.146 e. The second-order valence-electron chi connectivity index (χ2n) is 8.29. The number of hydrogen-bond acceptors (Lipinski definition) is 0. The molecule has 0 saturated heterocycles. The van der Waals surface area contributed by atoms with Crippen molar-refractivity contribution in [3.63, 3.8) is 0 Å². The maximum absolute atomic E-state index is 13.6. The summed E-state index contributed by atoms with van der Waals surface area (Å²) in [6.45, 7) is 2.29. The lowest BCUT2D eigenvalue weighted by Gasteiger charge is -2.40. The molecule has 3 heteroatoms. The van der Waals surface area contributed by atoms with E-state index in [2.05, 4.69) is 37.0 Å². The molecule has 0 aromatic heterocycles. The summed E-state index contributed by atoms with van der Waals surface area (Å²) in [5, 5.41) is -0.484. The van der Waals surface area contributed by atoms with E-state index in [-0.39, 0.29) is 0 Å². The highest BCUT2D eigenvalue weighted by Crippen LogP contribution is 2.47. The summed E-state index contributed by atoms with van der Waals surface area (Å²) in [6.07, 6.45) is 9.07. The van der Waals surface area contributed by atoms with Gasteiger partial charge in [0.05, 0.1) is 0 Å². The first-order chi connectivity index (χ1) is 13.5. The Morgan fingerprint density at radius 1 is 1.00 bits per heavy atom. The highest BCUT2D eigenvalue weighted by atomic mass is 35.5. The zero-order valence-corrected chi connectivity index (χ0v) is 17.0. The summed E-state index contributed by atoms with van der Waals surface area (Å²) in [5.41, 5.74) is 4.09. The molecule has 2 aliphatic carbocycles. The fourth-order valence-corrected chi connectivity index (χ4v) is 5.24. The number of rotatable bonds is 2. The topological polar surface area (TPSA) is 0 Å². The smallest absolute Gasteiger partial charge is 0.146 e. The standard InChI is InChI=1S/C25H25ClF2/c1-2-3-16-6-10-21-19(12-16)8-9-20-13-17(7-11-22(20)21)4-5-18-14-23(27)25(26)24(28)15-18/h7,11,13-16,19,21H,2-3,6,8-10,12H2,1H3/t16-,19-,21+/m1/s1. The molecule has 1 fully saturated rings. The van der Waals surface area contributed by atoms with E-state index >= 15 is 0 Å². The lowest BCUT2D eigenvalue weighted by molar-refractivity contribution is 0.201. The molecule has 146 valence electrons. The molecular formula is C25H25ClF2. The van der Waals surface area contributed by atoms with E-state index in [1.807, 2.05) is 0 Å². The molecule has 4 rings (SSSR count). The van der Waals surface area contributed by atoms with Crippen LogP contribution in [0.3, 0.4) is 0 Å². The summed E-state index contributed by atoms with van der Waals surface area (Å²) < 4.78 is 27.2. The molecule has 0 bridgehead atoms. The predicted octanol–water partition coefficient (Wildman–Crippen LogP) is 7.26. The van der Waals surface area contributed by atoms with Crippen LogP contribution in [-0.4, -0.2) is 0 Å². The van der Waals surface area contributed by atoms with Crippen molar-refractivity contribution in [3.05, 3.63) is 69.2 Å². The van der Waals surface area contributed by atoms with Crippen LogP contribution in [0, 0.1) is 35.3 Å². The molecule has 0 N–H and O–H groups in total. The average molecular weight is 399 g/mol. The molecular weight excluding hydrogens is 374 g/mol. The monoisotopic (exact) mass is 398 g/mol. The minimum atomic E-state index is -0.777. The van der Waals surface area contributed by atoms with Crippen molar-refractivity contribution in [2.45, 2.75) is 57.8 Å². The second kappa shape index (κ2) is 8.26. The van der Waals surface area contributed by atoms with Crippen LogP contribution in [0.4, 0.5) is 8.78 Å². The lowest BCUT2D eigenvalue weighted by Crippen LogP contribution is -2.28. The molecule has 0 heterocycles. The maximum atomic E-state index is 13.6. The highest BCUT2D eigenvalue weighted by molar-refractivity contribution is 6.30. The third-order valence-electron chi connectivity index (χ3n) is 6.45. The quantitative estimate of drug-likeness (QED) is 0.368. The Balaban J connectivity index is 1.54. The van der Waals surface area contributed by atoms with E-state index in [1.54, 1.807) is 0 Å². The van der Waals surface area contributed by atoms with E-state index in [4.69, 9.17) is 11.6 Å². The van der Waals surface area contributed by atoms with Gasteiger partial charge in [0, 0.05) is 11.1 Å². The Hall–Kier alpha value is -1.85. The number of fused-ring (bicyclic) bond motifs is 3. The van der Waals surface area contributed by atoms with E-state index in [9.17, 15) is 8.78 Å². The van der Waals surface area contributed by atoms with Crippen LogP contribution in [0.5, 0.6) is 0 Å². The molecule has 1 saturated carbocycles. The zero-order chi connectivity index (χ0) is 19.7. The van der Waals surface area contributed by atoms with E-state index < -0.39 is 16.7 Å². The van der Waals surface area contributed by atoms with Crippen LogP contribution in [0.2, 0.25) is 5.02 Å². The molecule has 0 amide bonds. The second-order valence-corrected chi connectivity index (χ2v) is 8.67. The summed E-state index contributed by atoms with van der Waals surface area (Å²) in [7, 11) is 0. The Bertz CT molecular complexity index is 914. The van der Waals surface area contributed by atoms with Gasteiger partial charge in [-0.3, -0.25) is 0 Å². The molecule has 28 heavy (non-hydrogen) atoms.